The summed E-state index contributed by atoms with van der Waals surface area (Å²) in [5.41, 5.74) is 2.72. The number of rotatable bonds is 6. The number of halogens is 1. The summed E-state index contributed by atoms with van der Waals surface area (Å²) in [6.45, 7) is 7.30. The van der Waals surface area contributed by atoms with Gasteiger partial charge in [-0.25, -0.2) is 18.1 Å². The third kappa shape index (κ3) is 4.99. The summed E-state index contributed by atoms with van der Waals surface area (Å²) < 4.78 is 35.7. The molecule has 0 bridgehead atoms. The molecule has 0 unspecified atom stereocenters. The Kier molecular flexibility index (Phi) is 6.09. The molecule has 8 nitrogen and oxygen atoms in total. The van der Waals surface area contributed by atoms with Crippen molar-refractivity contribution in [2.45, 2.75) is 32.6 Å². The maximum Gasteiger partial charge on any atom is 0.262 e. The Bertz CT molecular complexity index is 1430. The normalized spacial score (nSPS) is 11.4. The molecule has 10 heteroatoms. The topological polar surface area (TPSA) is 99.0 Å². The second kappa shape index (κ2) is 8.84. The van der Waals surface area contributed by atoms with E-state index in [1.54, 1.807) is 61.0 Å². The lowest BCUT2D eigenvalue weighted by molar-refractivity contribution is 0.459. The number of benzene rings is 2. The number of aromatic nitrogens is 4. The average molecular weight is 484 g/mol. The van der Waals surface area contributed by atoms with Crippen LogP contribution in [-0.2, 0) is 10.0 Å². The van der Waals surface area contributed by atoms with E-state index in [1.165, 1.54) is 6.07 Å². The molecule has 0 amide bonds. The number of anilines is 1. The van der Waals surface area contributed by atoms with E-state index in [9.17, 15) is 8.42 Å². The molecule has 4 rings (SSSR count). The van der Waals surface area contributed by atoms with E-state index in [-0.39, 0.29) is 4.90 Å². The molecule has 0 aliphatic carbocycles. The van der Waals surface area contributed by atoms with Crippen LogP contribution in [0.3, 0.4) is 0 Å². The maximum absolute atomic E-state index is 12.8. The van der Waals surface area contributed by atoms with Crippen LogP contribution in [0.1, 0.15) is 22.8 Å². The maximum atomic E-state index is 12.8. The summed E-state index contributed by atoms with van der Waals surface area (Å²) in [6.07, 6.45) is 0. The van der Waals surface area contributed by atoms with E-state index in [4.69, 9.17) is 16.3 Å². The first-order valence-corrected chi connectivity index (χ1v) is 11.9. The average Bonchev–Trinajstić information content (AvgIpc) is 3.09. The van der Waals surface area contributed by atoms with Crippen molar-refractivity contribution in [3.8, 4) is 17.4 Å². The summed E-state index contributed by atoms with van der Waals surface area (Å²) in [5, 5.41) is 4.84. The van der Waals surface area contributed by atoms with Gasteiger partial charge in [-0.2, -0.15) is 10.1 Å². The highest BCUT2D eigenvalue weighted by molar-refractivity contribution is 7.92. The van der Waals surface area contributed by atoms with Crippen molar-refractivity contribution in [1.29, 1.82) is 0 Å². The van der Waals surface area contributed by atoms with Crippen LogP contribution in [0.15, 0.2) is 59.5 Å². The summed E-state index contributed by atoms with van der Waals surface area (Å²) in [4.78, 5) is 8.90. The van der Waals surface area contributed by atoms with E-state index in [1.807, 2.05) is 19.9 Å². The van der Waals surface area contributed by atoms with Gasteiger partial charge in [-0.15, -0.1) is 0 Å². The highest BCUT2D eigenvalue weighted by Gasteiger charge is 2.18. The first kappa shape index (κ1) is 22.8. The van der Waals surface area contributed by atoms with Gasteiger partial charge in [0.25, 0.3) is 10.0 Å². The van der Waals surface area contributed by atoms with Crippen molar-refractivity contribution >= 4 is 27.3 Å². The summed E-state index contributed by atoms with van der Waals surface area (Å²) >= 11 is 6.07. The highest BCUT2D eigenvalue weighted by atomic mass is 35.5. The lowest BCUT2D eigenvalue weighted by atomic mass is 10.2. The number of hydrogen-bond donors (Lipinski definition) is 1. The van der Waals surface area contributed by atoms with Crippen molar-refractivity contribution in [2.24, 2.45) is 0 Å². The van der Waals surface area contributed by atoms with Gasteiger partial charge in [-0.3, -0.25) is 4.72 Å². The summed E-state index contributed by atoms with van der Waals surface area (Å²) in [5.74, 6) is 1.99. The molecule has 2 aromatic heterocycles. The highest BCUT2D eigenvalue weighted by Crippen LogP contribution is 2.27. The van der Waals surface area contributed by atoms with E-state index in [2.05, 4.69) is 19.8 Å². The number of nitrogens with one attached hydrogen (secondary N) is 1. The van der Waals surface area contributed by atoms with Gasteiger partial charge in [0.1, 0.15) is 11.6 Å². The van der Waals surface area contributed by atoms with Crippen LogP contribution < -0.4 is 9.46 Å². The van der Waals surface area contributed by atoms with Gasteiger partial charge >= 0.3 is 0 Å². The zero-order valence-corrected chi connectivity index (χ0v) is 20.1. The number of aryl methyl sites for hydroxylation is 3. The number of nitrogens with zero attached hydrogens (tertiary/aromatic N) is 4. The third-order valence-electron chi connectivity index (χ3n) is 4.86. The van der Waals surface area contributed by atoms with Crippen LogP contribution in [0.2, 0.25) is 5.02 Å². The fourth-order valence-corrected chi connectivity index (χ4v) is 4.91. The fraction of sp³-hybridized carbons (Fsp3) is 0.174. The van der Waals surface area contributed by atoms with Gasteiger partial charge in [0.15, 0.2) is 5.82 Å². The Morgan fingerprint density at radius 1 is 0.970 bits per heavy atom. The minimum absolute atomic E-state index is 0.128. The molecular formula is C23H22ClN5O3S. The first-order valence-electron chi connectivity index (χ1n) is 10.1. The smallest absolute Gasteiger partial charge is 0.262 e. The number of sulfonamides is 1. The summed E-state index contributed by atoms with van der Waals surface area (Å²) in [6, 6.07) is 15.0. The lowest BCUT2D eigenvalue weighted by Crippen LogP contribution is -2.14. The quantitative estimate of drug-likeness (QED) is 0.407. The molecule has 0 aliphatic heterocycles. The predicted molar refractivity (Wildman–Crippen MR) is 127 cm³/mol. The van der Waals surface area contributed by atoms with E-state index < -0.39 is 10.0 Å². The molecule has 0 radical (unpaired) electrons. The van der Waals surface area contributed by atoms with Crippen LogP contribution in [0, 0.1) is 27.7 Å². The molecule has 0 saturated carbocycles. The molecule has 0 atom stereocenters. The molecule has 0 saturated heterocycles. The predicted octanol–water partition coefficient (Wildman–Crippen LogP) is 5.14. The molecule has 2 heterocycles. The molecule has 0 aliphatic rings. The van der Waals surface area contributed by atoms with E-state index >= 15 is 0 Å². The van der Waals surface area contributed by atoms with E-state index in [0.717, 1.165) is 11.4 Å². The molecule has 33 heavy (non-hydrogen) atoms. The molecule has 4 aromatic rings. The number of ether oxygens (including phenoxy) is 1. The van der Waals surface area contributed by atoms with Gasteiger partial charge in [-0.1, -0.05) is 17.7 Å². The van der Waals surface area contributed by atoms with Gasteiger partial charge in [0, 0.05) is 22.5 Å². The SMILES string of the molecule is Cc1cc(C)n(-c2cc(Oc3ccc(NS(=O)(=O)c4cccc(Cl)c4C)cc3)nc(C)n2)n1. The fourth-order valence-electron chi connectivity index (χ4n) is 3.35. The van der Waals surface area contributed by atoms with Gasteiger partial charge in [-0.05, 0) is 75.7 Å². The monoisotopic (exact) mass is 483 g/mol. The lowest BCUT2D eigenvalue weighted by Gasteiger charge is -2.12. The largest absolute Gasteiger partial charge is 0.439 e. The zero-order chi connectivity index (χ0) is 23.8. The Hall–Kier alpha value is -3.43. The van der Waals surface area contributed by atoms with Gasteiger partial charge in [0.05, 0.1) is 10.6 Å². The van der Waals surface area contributed by atoms with Crippen LogP contribution >= 0.6 is 11.6 Å². The summed E-state index contributed by atoms with van der Waals surface area (Å²) in [7, 11) is -3.79. The first-order chi connectivity index (χ1) is 15.6. The minimum atomic E-state index is -3.79. The second-order valence-corrected chi connectivity index (χ2v) is 9.60. The number of hydrogen-bond acceptors (Lipinski definition) is 6. The van der Waals surface area contributed by atoms with Crippen LogP contribution in [0.5, 0.6) is 11.6 Å². The standard InChI is InChI=1S/C23H22ClN5O3S/c1-14-12-15(2)29(27-14)22-13-23(26-17(4)25-22)32-19-10-8-18(9-11-19)28-33(30,31)21-7-5-6-20(24)16(21)3/h5-13,28H,1-4H3. The van der Waals surface area contributed by atoms with Crippen LogP contribution in [-0.4, -0.2) is 28.2 Å². The molecule has 0 spiro atoms. The van der Waals surface area contributed by atoms with Crippen molar-refractivity contribution < 1.29 is 13.2 Å². The van der Waals surface area contributed by atoms with Crippen LogP contribution in [0.25, 0.3) is 5.82 Å². The van der Waals surface area contributed by atoms with Crippen molar-refractivity contribution in [3.05, 3.63) is 82.4 Å². The second-order valence-electron chi connectivity index (χ2n) is 7.55. The van der Waals surface area contributed by atoms with Gasteiger partial charge < -0.3 is 4.74 Å². The van der Waals surface area contributed by atoms with Gasteiger partial charge in [0.2, 0.25) is 5.88 Å². The van der Waals surface area contributed by atoms with Crippen molar-refractivity contribution in [3.63, 3.8) is 0 Å². The molecular weight excluding hydrogens is 462 g/mol. The van der Waals surface area contributed by atoms with Crippen molar-refractivity contribution in [1.82, 2.24) is 19.7 Å². The molecule has 170 valence electrons. The minimum Gasteiger partial charge on any atom is -0.439 e. The Balaban J connectivity index is 1.54. The Morgan fingerprint density at radius 3 is 2.36 bits per heavy atom. The Morgan fingerprint density at radius 2 is 1.70 bits per heavy atom. The molecule has 2 aromatic carbocycles. The van der Waals surface area contributed by atoms with E-state index in [0.29, 0.717) is 39.5 Å². The van der Waals surface area contributed by atoms with Crippen LogP contribution in [0.4, 0.5) is 5.69 Å². The van der Waals surface area contributed by atoms with Crippen molar-refractivity contribution in [2.75, 3.05) is 4.72 Å². The zero-order valence-electron chi connectivity index (χ0n) is 18.5. The Labute approximate surface area is 197 Å². The molecule has 0 fully saturated rings. The third-order valence-corrected chi connectivity index (χ3v) is 6.80. The molecule has 1 N–H and O–H groups in total.